The molecule has 2 heterocycles. The number of amides is 1. The van der Waals surface area contributed by atoms with Crippen LogP contribution in [-0.2, 0) is 4.79 Å². The molecule has 160 valence electrons. The van der Waals surface area contributed by atoms with Gasteiger partial charge in [-0.2, -0.15) is 0 Å². The van der Waals surface area contributed by atoms with Crippen LogP contribution in [-0.4, -0.2) is 53.8 Å². The van der Waals surface area contributed by atoms with Crippen molar-refractivity contribution in [2.24, 2.45) is 0 Å². The van der Waals surface area contributed by atoms with Gasteiger partial charge in [0.2, 0.25) is 0 Å². The van der Waals surface area contributed by atoms with Crippen LogP contribution in [0.25, 0.3) is 11.3 Å². The zero-order chi connectivity index (χ0) is 21.8. The molecule has 8 heteroatoms. The second-order valence-corrected chi connectivity index (χ2v) is 7.76. The van der Waals surface area contributed by atoms with E-state index < -0.39 is 0 Å². The summed E-state index contributed by atoms with van der Waals surface area (Å²) in [5.41, 5.74) is 2.41. The molecule has 1 aromatic heterocycles. The smallest absolute Gasteiger partial charge is 0.260 e. The number of nitrogens with zero attached hydrogens (tertiary/aromatic N) is 4. The molecular formula is C23H22ClFN4O2. The molecular weight excluding hydrogens is 419 g/mol. The van der Waals surface area contributed by atoms with E-state index >= 15 is 0 Å². The Morgan fingerprint density at radius 3 is 2.42 bits per heavy atom. The molecule has 0 unspecified atom stereocenters. The van der Waals surface area contributed by atoms with E-state index in [1.54, 1.807) is 29.2 Å². The average molecular weight is 441 g/mol. The summed E-state index contributed by atoms with van der Waals surface area (Å²) >= 11 is 6.02. The fraction of sp³-hybridized carbons (Fsp3) is 0.261. The van der Waals surface area contributed by atoms with Crippen molar-refractivity contribution < 1.29 is 13.9 Å². The summed E-state index contributed by atoms with van der Waals surface area (Å²) in [4.78, 5) is 16.4. The van der Waals surface area contributed by atoms with Crippen molar-refractivity contribution in [1.82, 2.24) is 15.1 Å². The van der Waals surface area contributed by atoms with Crippen molar-refractivity contribution >= 4 is 23.3 Å². The molecule has 1 aliphatic heterocycles. The van der Waals surface area contributed by atoms with Gasteiger partial charge in [0.15, 0.2) is 12.4 Å². The third-order valence-electron chi connectivity index (χ3n) is 5.24. The molecule has 0 saturated carbocycles. The number of hydrogen-bond donors (Lipinski definition) is 0. The molecule has 0 bridgehead atoms. The molecule has 2 aromatic carbocycles. The first-order valence-corrected chi connectivity index (χ1v) is 10.4. The largest absolute Gasteiger partial charge is 0.484 e. The van der Waals surface area contributed by atoms with Gasteiger partial charge in [-0.15, -0.1) is 10.2 Å². The van der Waals surface area contributed by atoms with E-state index in [4.69, 9.17) is 16.3 Å². The Bertz CT molecular complexity index is 1050. The lowest BCUT2D eigenvalue weighted by atomic mass is 10.1. The van der Waals surface area contributed by atoms with Crippen LogP contribution in [0.15, 0.2) is 54.6 Å². The summed E-state index contributed by atoms with van der Waals surface area (Å²) in [7, 11) is 0. The number of piperazine rings is 1. The zero-order valence-corrected chi connectivity index (χ0v) is 17.8. The standard InChI is InChI=1S/C23H22ClFN4O2/c1-16-14-19(6-7-20(16)24)31-15-23(30)29-12-10-28(11-13-29)22-9-8-21(26-27-22)17-2-4-18(25)5-3-17/h2-9,14H,10-13,15H2,1H3. The highest BCUT2D eigenvalue weighted by Gasteiger charge is 2.22. The molecule has 1 amide bonds. The van der Waals surface area contributed by atoms with Gasteiger partial charge >= 0.3 is 0 Å². The van der Waals surface area contributed by atoms with Gasteiger partial charge < -0.3 is 14.5 Å². The highest BCUT2D eigenvalue weighted by molar-refractivity contribution is 6.31. The molecule has 1 fully saturated rings. The number of carbonyl (C=O) groups excluding carboxylic acids is 1. The van der Waals surface area contributed by atoms with E-state index in [0.717, 1.165) is 16.9 Å². The molecule has 6 nitrogen and oxygen atoms in total. The summed E-state index contributed by atoms with van der Waals surface area (Å²) in [5.74, 6) is 1.05. The average Bonchev–Trinajstić information content (AvgIpc) is 2.80. The number of rotatable bonds is 5. The van der Waals surface area contributed by atoms with Crippen LogP contribution < -0.4 is 9.64 Å². The van der Waals surface area contributed by atoms with Crippen LogP contribution in [0, 0.1) is 12.7 Å². The predicted molar refractivity (Wildman–Crippen MR) is 118 cm³/mol. The second kappa shape index (κ2) is 9.31. The van der Waals surface area contributed by atoms with Crippen molar-refractivity contribution in [3.8, 4) is 17.0 Å². The lowest BCUT2D eigenvalue weighted by Gasteiger charge is -2.35. The van der Waals surface area contributed by atoms with Gasteiger partial charge in [-0.1, -0.05) is 11.6 Å². The van der Waals surface area contributed by atoms with Gasteiger partial charge in [0.25, 0.3) is 5.91 Å². The highest BCUT2D eigenvalue weighted by Crippen LogP contribution is 2.22. The summed E-state index contributed by atoms with van der Waals surface area (Å²) in [5, 5.41) is 9.24. The van der Waals surface area contributed by atoms with E-state index in [-0.39, 0.29) is 18.3 Å². The van der Waals surface area contributed by atoms with Gasteiger partial charge in [-0.25, -0.2) is 4.39 Å². The van der Waals surface area contributed by atoms with Crippen LogP contribution in [0.2, 0.25) is 5.02 Å². The molecule has 0 spiro atoms. The number of benzene rings is 2. The Balaban J connectivity index is 1.29. The van der Waals surface area contributed by atoms with Crippen molar-refractivity contribution in [3.63, 3.8) is 0 Å². The Morgan fingerprint density at radius 1 is 1.03 bits per heavy atom. The first-order chi connectivity index (χ1) is 15.0. The molecule has 0 aliphatic carbocycles. The van der Waals surface area contributed by atoms with E-state index in [0.29, 0.717) is 42.6 Å². The van der Waals surface area contributed by atoms with Gasteiger partial charge in [0, 0.05) is 36.8 Å². The minimum atomic E-state index is -0.283. The Morgan fingerprint density at radius 2 is 1.77 bits per heavy atom. The summed E-state index contributed by atoms with van der Waals surface area (Å²) in [6, 6.07) is 15.3. The molecule has 0 atom stereocenters. The summed E-state index contributed by atoms with van der Waals surface area (Å²) in [6.45, 7) is 4.39. The summed E-state index contributed by atoms with van der Waals surface area (Å²) < 4.78 is 18.7. The second-order valence-electron chi connectivity index (χ2n) is 7.35. The highest BCUT2D eigenvalue weighted by atomic mass is 35.5. The maximum absolute atomic E-state index is 13.1. The minimum Gasteiger partial charge on any atom is -0.484 e. The molecule has 0 radical (unpaired) electrons. The number of halogens is 2. The molecule has 1 aliphatic rings. The fourth-order valence-electron chi connectivity index (χ4n) is 3.40. The Hall–Kier alpha value is -3.19. The lowest BCUT2D eigenvalue weighted by molar-refractivity contribution is -0.133. The lowest BCUT2D eigenvalue weighted by Crippen LogP contribution is -2.50. The number of anilines is 1. The SMILES string of the molecule is Cc1cc(OCC(=O)N2CCN(c3ccc(-c4ccc(F)cc4)nn3)CC2)ccc1Cl. The topological polar surface area (TPSA) is 58.6 Å². The number of ether oxygens (including phenoxy) is 1. The van der Waals surface area contributed by atoms with Crippen molar-refractivity contribution in [3.05, 3.63) is 71.0 Å². The number of aromatic nitrogens is 2. The zero-order valence-electron chi connectivity index (χ0n) is 17.1. The fourth-order valence-corrected chi connectivity index (χ4v) is 3.51. The van der Waals surface area contributed by atoms with Crippen LogP contribution in [0.4, 0.5) is 10.2 Å². The van der Waals surface area contributed by atoms with E-state index in [9.17, 15) is 9.18 Å². The maximum Gasteiger partial charge on any atom is 0.260 e. The van der Waals surface area contributed by atoms with Gasteiger partial charge in [-0.05, 0) is 67.1 Å². The Kier molecular flexibility index (Phi) is 6.32. The number of aryl methyl sites for hydroxylation is 1. The third-order valence-corrected chi connectivity index (χ3v) is 5.66. The normalized spacial score (nSPS) is 13.9. The quantitative estimate of drug-likeness (QED) is 0.600. The van der Waals surface area contributed by atoms with Crippen LogP contribution >= 0.6 is 11.6 Å². The molecule has 1 saturated heterocycles. The van der Waals surface area contributed by atoms with Crippen LogP contribution in [0.5, 0.6) is 5.75 Å². The molecule has 0 N–H and O–H groups in total. The minimum absolute atomic E-state index is 0.00670. The number of hydrogen-bond acceptors (Lipinski definition) is 5. The maximum atomic E-state index is 13.1. The van der Waals surface area contributed by atoms with Crippen molar-refractivity contribution in [1.29, 1.82) is 0 Å². The van der Waals surface area contributed by atoms with Crippen LogP contribution in [0.1, 0.15) is 5.56 Å². The van der Waals surface area contributed by atoms with Gasteiger partial charge in [0.1, 0.15) is 11.6 Å². The van der Waals surface area contributed by atoms with E-state index in [1.807, 2.05) is 25.1 Å². The molecule has 3 aromatic rings. The van der Waals surface area contributed by atoms with Gasteiger partial charge in [-0.3, -0.25) is 4.79 Å². The molecule has 4 rings (SSSR count). The first-order valence-electron chi connectivity index (χ1n) is 10.0. The van der Waals surface area contributed by atoms with E-state index in [1.165, 1.54) is 12.1 Å². The van der Waals surface area contributed by atoms with Gasteiger partial charge in [0.05, 0.1) is 5.69 Å². The Labute approximate surface area is 185 Å². The van der Waals surface area contributed by atoms with Crippen molar-refractivity contribution in [2.75, 3.05) is 37.7 Å². The van der Waals surface area contributed by atoms with E-state index in [2.05, 4.69) is 15.1 Å². The number of carbonyl (C=O) groups is 1. The summed E-state index contributed by atoms with van der Waals surface area (Å²) in [6.07, 6.45) is 0. The van der Waals surface area contributed by atoms with Crippen LogP contribution in [0.3, 0.4) is 0 Å². The third kappa shape index (κ3) is 5.11. The monoisotopic (exact) mass is 440 g/mol. The first kappa shape index (κ1) is 21.1. The molecule has 31 heavy (non-hydrogen) atoms. The van der Waals surface area contributed by atoms with Crippen molar-refractivity contribution in [2.45, 2.75) is 6.92 Å². The predicted octanol–water partition coefficient (Wildman–Crippen LogP) is 3.97.